The Morgan fingerprint density at radius 3 is 2.55 bits per heavy atom. The minimum absolute atomic E-state index is 0.487. The fourth-order valence-corrected chi connectivity index (χ4v) is 0.544. The number of allylic oxidation sites excluding steroid dienone is 1. The van der Waals surface area contributed by atoms with Crippen LogP contribution in [0.5, 0.6) is 0 Å². The first-order valence-corrected chi connectivity index (χ1v) is 3.83. The van der Waals surface area contributed by atoms with E-state index in [1.807, 2.05) is 0 Å². The lowest BCUT2D eigenvalue weighted by atomic mass is 10.0. The van der Waals surface area contributed by atoms with Gasteiger partial charge in [-0.1, -0.05) is 32.3 Å². The van der Waals surface area contributed by atoms with Crippen molar-refractivity contribution >= 4 is 0 Å². The molecule has 0 amide bonds. The summed E-state index contributed by atoms with van der Waals surface area (Å²) in [6, 6.07) is 0. The molecule has 1 atom stereocenters. The fourth-order valence-electron chi connectivity index (χ4n) is 0.544. The standard InChI is InChI=1S/C11H14/c1-5-7-8-9-11(4)10(3)6-2/h10H,4,6H2,1-3H3. The summed E-state index contributed by atoms with van der Waals surface area (Å²) in [4.78, 5) is 0. The van der Waals surface area contributed by atoms with Crippen LogP contribution in [0.1, 0.15) is 27.2 Å². The van der Waals surface area contributed by atoms with Crippen LogP contribution in [0, 0.1) is 29.6 Å². The highest BCUT2D eigenvalue weighted by molar-refractivity contribution is 5.35. The molecule has 0 radical (unpaired) electrons. The molecule has 58 valence electrons. The Morgan fingerprint density at radius 1 is 1.45 bits per heavy atom. The minimum atomic E-state index is 0.487. The molecule has 0 N–H and O–H groups in total. The van der Waals surface area contributed by atoms with Gasteiger partial charge in [0, 0.05) is 0 Å². The van der Waals surface area contributed by atoms with Crippen molar-refractivity contribution in [3.63, 3.8) is 0 Å². The van der Waals surface area contributed by atoms with E-state index in [1.165, 1.54) is 0 Å². The van der Waals surface area contributed by atoms with Gasteiger partial charge in [-0.15, -0.1) is 0 Å². The van der Waals surface area contributed by atoms with Crippen molar-refractivity contribution in [2.45, 2.75) is 27.2 Å². The first-order valence-electron chi connectivity index (χ1n) is 3.83. The highest BCUT2D eigenvalue weighted by Crippen LogP contribution is 2.09. The highest BCUT2D eigenvalue weighted by atomic mass is 14.0. The molecular formula is C11H14. The van der Waals surface area contributed by atoms with Crippen molar-refractivity contribution in [3.8, 4) is 23.7 Å². The van der Waals surface area contributed by atoms with Gasteiger partial charge in [0.15, 0.2) is 0 Å². The summed E-state index contributed by atoms with van der Waals surface area (Å²) >= 11 is 0. The maximum Gasteiger partial charge on any atom is -0.00131 e. The summed E-state index contributed by atoms with van der Waals surface area (Å²) in [5.74, 6) is 11.5. The highest BCUT2D eigenvalue weighted by Gasteiger charge is 1.98. The summed E-state index contributed by atoms with van der Waals surface area (Å²) in [7, 11) is 0. The lowest BCUT2D eigenvalue weighted by Gasteiger charge is -2.03. The molecule has 0 fully saturated rings. The van der Waals surface area contributed by atoms with Crippen LogP contribution >= 0.6 is 0 Å². The maximum absolute atomic E-state index is 3.86. The summed E-state index contributed by atoms with van der Waals surface area (Å²) in [6.45, 7) is 9.88. The molecular weight excluding hydrogens is 132 g/mol. The van der Waals surface area contributed by atoms with Crippen LogP contribution in [-0.2, 0) is 0 Å². The monoisotopic (exact) mass is 146 g/mol. The Bertz CT molecular complexity index is 237. The molecule has 0 aromatic carbocycles. The average Bonchev–Trinajstić information content (AvgIpc) is 2.03. The van der Waals surface area contributed by atoms with Crippen molar-refractivity contribution in [2.24, 2.45) is 5.92 Å². The van der Waals surface area contributed by atoms with Crippen molar-refractivity contribution in [3.05, 3.63) is 12.2 Å². The normalized spacial score (nSPS) is 10.1. The zero-order valence-electron chi connectivity index (χ0n) is 7.49. The first kappa shape index (κ1) is 9.86. The van der Waals surface area contributed by atoms with Crippen molar-refractivity contribution in [1.82, 2.24) is 0 Å². The number of hydrogen-bond acceptors (Lipinski definition) is 0. The van der Waals surface area contributed by atoms with Crippen molar-refractivity contribution < 1.29 is 0 Å². The average molecular weight is 146 g/mol. The second-order valence-corrected chi connectivity index (χ2v) is 2.46. The summed E-state index contributed by atoms with van der Waals surface area (Å²) in [5, 5.41) is 0. The van der Waals surface area contributed by atoms with E-state index in [0.29, 0.717) is 5.92 Å². The zero-order valence-corrected chi connectivity index (χ0v) is 7.49. The second-order valence-electron chi connectivity index (χ2n) is 2.46. The van der Waals surface area contributed by atoms with Crippen molar-refractivity contribution in [2.75, 3.05) is 0 Å². The fraction of sp³-hybridized carbons (Fsp3) is 0.455. The van der Waals surface area contributed by atoms with E-state index in [4.69, 9.17) is 0 Å². The number of hydrogen-bond donors (Lipinski definition) is 0. The van der Waals surface area contributed by atoms with Gasteiger partial charge in [-0.25, -0.2) is 0 Å². The molecule has 0 spiro atoms. The molecule has 0 aromatic heterocycles. The van der Waals surface area contributed by atoms with E-state index in [1.54, 1.807) is 6.92 Å². The Hall–Kier alpha value is -1.14. The molecule has 1 unspecified atom stereocenters. The van der Waals surface area contributed by atoms with Crippen LogP contribution in [-0.4, -0.2) is 0 Å². The van der Waals surface area contributed by atoms with E-state index in [-0.39, 0.29) is 0 Å². The van der Waals surface area contributed by atoms with E-state index < -0.39 is 0 Å². The molecule has 0 bridgehead atoms. The Kier molecular flexibility index (Phi) is 5.05. The Balaban J connectivity index is 4.06. The molecule has 0 aliphatic rings. The van der Waals surface area contributed by atoms with Crippen LogP contribution in [0.4, 0.5) is 0 Å². The number of rotatable bonds is 2. The Labute approximate surface area is 69.7 Å². The lowest BCUT2D eigenvalue weighted by Crippen LogP contribution is -1.92. The molecule has 0 rings (SSSR count). The lowest BCUT2D eigenvalue weighted by molar-refractivity contribution is 0.677. The second kappa shape index (κ2) is 5.63. The Morgan fingerprint density at radius 2 is 2.09 bits per heavy atom. The van der Waals surface area contributed by atoms with Crippen molar-refractivity contribution in [1.29, 1.82) is 0 Å². The first-order chi connectivity index (χ1) is 5.22. The molecule has 0 saturated carbocycles. The van der Waals surface area contributed by atoms with Gasteiger partial charge in [-0.3, -0.25) is 0 Å². The SMILES string of the molecule is C=C(C#CC#CC)C(C)CC. The van der Waals surface area contributed by atoms with Gasteiger partial charge >= 0.3 is 0 Å². The third-order valence-electron chi connectivity index (χ3n) is 1.62. The molecule has 0 heteroatoms. The van der Waals surface area contributed by atoms with Crippen LogP contribution in [0.25, 0.3) is 0 Å². The van der Waals surface area contributed by atoms with E-state index in [2.05, 4.69) is 44.1 Å². The van der Waals surface area contributed by atoms with Gasteiger partial charge < -0.3 is 0 Å². The third-order valence-corrected chi connectivity index (χ3v) is 1.62. The molecule has 0 aromatic rings. The third kappa shape index (κ3) is 4.29. The molecule has 0 aliphatic heterocycles. The maximum atomic E-state index is 3.86. The molecule has 0 saturated heterocycles. The molecule has 0 nitrogen and oxygen atoms in total. The van der Waals surface area contributed by atoms with Crippen LogP contribution in [0.3, 0.4) is 0 Å². The van der Waals surface area contributed by atoms with Gasteiger partial charge in [-0.05, 0) is 36.7 Å². The summed E-state index contributed by atoms with van der Waals surface area (Å²) in [5.41, 5.74) is 0.982. The predicted octanol–water partition coefficient (Wildman–Crippen LogP) is 2.62. The van der Waals surface area contributed by atoms with E-state index >= 15 is 0 Å². The van der Waals surface area contributed by atoms with Crippen LogP contribution in [0.15, 0.2) is 12.2 Å². The van der Waals surface area contributed by atoms with Crippen LogP contribution < -0.4 is 0 Å². The predicted molar refractivity (Wildman–Crippen MR) is 49.8 cm³/mol. The van der Waals surface area contributed by atoms with Crippen LogP contribution in [0.2, 0.25) is 0 Å². The summed E-state index contributed by atoms with van der Waals surface area (Å²) < 4.78 is 0. The minimum Gasteiger partial charge on any atom is -0.0925 e. The molecule has 11 heavy (non-hydrogen) atoms. The van der Waals surface area contributed by atoms with Gasteiger partial charge in [0.25, 0.3) is 0 Å². The van der Waals surface area contributed by atoms with Gasteiger partial charge in [0.1, 0.15) is 0 Å². The van der Waals surface area contributed by atoms with Gasteiger partial charge in [0.05, 0.1) is 0 Å². The van der Waals surface area contributed by atoms with Gasteiger partial charge in [0.2, 0.25) is 0 Å². The smallest absolute Gasteiger partial charge is 0.00131 e. The molecule has 0 aliphatic carbocycles. The summed E-state index contributed by atoms with van der Waals surface area (Å²) in [6.07, 6.45) is 1.09. The largest absolute Gasteiger partial charge is 0.0925 e. The van der Waals surface area contributed by atoms with E-state index in [0.717, 1.165) is 12.0 Å². The van der Waals surface area contributed by atoms with Gasteiger partial charge in [-0.2, -0.15) is 0 Å². The quantitative estimate of drug-likeness (QED) is 0.525. The zero-order chi connectivity index (χ0) is 8.69. The topological polar surface area (TPSA) is 0 Å². The van der Waals surface area contributed by atoms with E-state index in [9.17, 15) is 0 Å². The molecule has 0 heterocycles.